The Balaban J connectivity index is 0.000000182. The first-order valence-electron chi connectivity index (χ1n) is 13.7. The van der Waals surface area contributed by atoms with E-state index in [1.165, 1.54) is 35.7 Å². The third kappa shape index (κ3) is 7.44. The summed E-state index contributed by atoms with van der Waals surface area (Å²) in [5.74, 6) is -0.406. The Morgan fingerprint density at radius 3 is 1.67 bits per heavy atom. The molecule has 4 heterocycles. The highest BCUT2D eigenvalue weighted by Crippen LogP contribution is 2.20. The molecule has 15 nitrogen and oxygen atoms in total. The molecule has 2 amide bonds. The minimum Gasteiger partial charge on any atom is -0.336 e. The number of benzene rings is 2. The van der Waals surface area contributed by atoms with Gasteiger partial charge in [-0.15, -0.1) is 0 Å². The average molecular weight is 622 g/mol. The van der Waals surface area contributed by atoms with Crippen LogP contribution in [0.5, 0.6) is 0 Å². The van der Waals surface area contributed by atoms with Crippen LogP contribution in [0.25, 0.3) is 38.5 Å². The number of nitrogens with one attached hydrogen (secondary N) is 2. The Morgan fingerprint density at radius 1 is 0.761 bits per heavy atom. The van der Waals surface area contributed by atoms with E-state index < -0.39 is 11.3 Å². The summed E-state index contributed by atoms with van der Waals surface area (Å²) in [5.41, 5.74) is 3.46. The highest BCUT2D eigenvalue weighted by Gasteiger charge is 2.11. The summed E-state index contributed by atoms with van der Waals surface area (Å²) in [7, 11) is 0. The van der Waals surface area contributed by atoms with E-state index in [4.69, 9.17) is 15.6 Å². The number of nitrogens with zero attached hydrogens (tertiary/aromatic N) is 7. The molecule has 4 aromatic heterocycles. The Bertz CT molecular complexity index is 2110. The number of amides is 2. The molecule has 46 heavy (non-hydrogen) atoms. The highest BCUT2D eigenvalue weighted by atomic mass is 16.5. The van der Waals surface area contributed by atoms with Gasteiger partial charge in [-0.05, 0) is 41.5 Å². The Labute approximate surface area is 260 Å². The van der Waals surface area contributed by atoms with Crippen molar-refractivity contribution in [1.82, 2.24) is 39.7 Å². The SMILES string of the molecule is CC(=O)NCn1cc(-c2ccc(-n3cccn3)cc2)c(=O)o1.[C-]#[N+]c1cnn(-c2ccc(-c3cn(CNC(C)=O)oc3=O)cc2)c1. The molecule has 0 atom stereocenters. The smallest absolute Gasteiger partial charge is 0.336 e. The molecular weight excluding hydrogens is 594 g/mol. The maximum Gasteiger partial charge on any atom is 0.365 e. The molecule has 0 radical (unpaired) electrons. The number of carbonyl (C=O) groups is 2. The van der Waals surface area contributed by atoms with Crippen LogP contribution >= 0.6 is 0 Å². The Kier molecular flexibility index (Phi) is 9.18. The van der Waals surface area contributed by atoms with Crippen LogP contribution < -0.4 is 21.9 Å². The largest absolute Gasteiger partial charge is 0.365 e. The lowest BCUT2D eigenvalue weighted by Crippen LogP contribution is -2.22. The maximum absolute atomic E-state index is 11.9. The molecule has 6 aromatic rings. The molecule has 0 spiro atoms. The first-order chi connectivity index (χ1) is 22.2. The van der Waals surface area contributed by atoms with Crippen LogP contribution in [-0.2, 0) is 22.9 Å². The van der Waals surface area contributed by atoms with Crippen molar-refractivity contribution in [3.8, 4) is 33.6 Å². The zero-order valence-corrected chi connectivity index (χ0v) is 24.7. The van der Waals surface area contributed by atoms with Crippen molar-refractivity contribution >= 4 is 17.5 Å². The molecule has 0 fully saturated rings. The number of hydrogen-bond acceptors (Lipinski definition) is 8. The molecule has 2 aromatic carbocycles. The quantitative estimate of drug-likeness (QED) is 0.244. The lowest BCUT2D eigenvalue weighted by Gasteiger charge is -2.02. The summed E-state index contributed by atoms with van der Waals surface area (Å²) in [4.78, 5) is 48.9. The van der Waals surface area contributed by atoms with E-state index in [0.717, 1.165) is 16.9 Å². The van der Waals surface area contributed by atoms with Crippen LogP contribution in [0.15, 0.2) is 110 Å². The van der Waals surface area contributed by atoms with Crippen LogP contribution in [0, 0.1) is 6.57 Å². The zero-order chi connectivity index (χ0) is 32.6. The van der Waals surface area contributed by atoms with Gasteiger partial charge in [0.05, 0.1) is 47.7 Å². The summed E-state index contributed by atoms with van der Waals surface area (Å²) >= 11 is 0. The van der Waals surface area contributed by atoms with Gasteiger partial charge in [0.1, 0.15) is 13.3 Å². The molecule has 232 valence electrons. The second-order valence-corrected chi connectivity index (χ2v) is 9.76. The fourth-order valence-electron chi connectivity index (χ4n) is 4.20. The van der Waals surface area contributed by atoms with Gasteiger partial charge in [0, 0.05) is 32.4 Å². The van der Waals surface area contributed by atoms with Gasteiger partial charge in [-0.1, -0.05) is 24.3 Å². The van der Waals surface area contributed by atoms with Crippen LogP contribution in [0.3, 0.4) is 0 Å². The third-order valence-corrected chi connectivity index (χ3v) is 6.44. The van der Waals surface area contributed by atoms with Gasteiger partial charge in [0.25, 0.3) is 0 Å². The molecule has 0 unspecified atom stereocenters. The van der Waals surface area contributed by atoms with Crippen molar-refractivity contribution in [2.45, 2.75) is 27.2 Å². The molecule has 6 rings (SSSR count). The van der Waals surface area contributed by atoms with Crippen molar-refractivity contribution in [2.75, 3.05) is 0 Å². The van der Waals surface area contributed by atoms with Gasteiger partial charge in [-0.25, -0.2) is 19.1 Å². The minimum absolute atomic E-state index is 0.0926. The van der Waals surface area contributed by atoms with E-state index in [0.29, 0.717) is 22.4 Å². The van der Waals surface area contributed by atoms with Crippen LogP contribution in [-0.4, -0.2) is 40.9 Å². The standard InChI is InChI=1S/C16H13N5O3.C15H14N4O3/c1-11(22)18-10-20-9-15(16(23)24-20)12-3-5-14(6-4-12)21-8-13(17-2)7-19-21;1-11(20)16-10-18-9-14(15(21)22-18)12-3-5-13(6-4-12)19-8-2-7-17-19/h3-9H,10H2,1H3,(H,18,22);2-9H,10H2,1H3,(H,16,20). The molecule has 0 aliphatic carbocycles. The maximum atomic E-state index is 11.9. The van der Waals surface area contributed by atoms with E-state index in [1.54, 1.807) is 52.2 Å². The van der Waals surface area contributed by atoms with E-state index in [2.05, 4.69) is 25.7 Å². The molecule has 15 heteroatoms. The number of rotatable bonds is 8. The second kappa shape index (κ2) is 13.7. The van der Waals surface area contributed by atoms with Gasteiger partial charge in [0.15, 0.2) is 0 Å². The van der Waals surface area contributed by atoms with Crippen LogP contribution in [0.4, 0.5) is 5.69 Å². The molecule has 0 aliphatic rings. The first kappa shape index (κ1) is 30.8. The molecule has 0 saturated heterocycles. The van der Waals surface area contributed by atoms with Gasteiger partial charge in [0.2, 0.25) is 17.5 Å². The topological polar surface area (TPSA) is 168 Å². The van der Waals surface area contributed by atoms with Gasteiger partial charge in [-0.3, -0.25) is 14.3 Å². The zero-order valence-electron chi connectivity index (χ0n) is 24.7. The fourth-order valence-corrected chi connectivity index (χ4v) is 4.20. The van der Waals surface area contributed by atoms with Gasteiger partial charge < -0.3 is 19.7 Å². The number of aromatic nitrogens is 6. The molecule has 2 N–H and O–H groups in total. The summed E-state index contributed by atoms with van der Waals surface area (Å²) in [6, 6.07) is 16.3. The summed E-state index contributed by atoms with van der Waals surface area (Å²) in [6.45, 7) is 9.95. The summed E-state index contributed by atoms with van der Waals surface area (Å²) in [5, 5.41) is 13.4. The fraction of sp³-hybridized carbons (Fsp3) is 0.129. The second-order valence-electron chi connectivity index (χ2n) is 9.76. The van der Waals surface area contributed by atoms with E-state index in [1.807, 2.05) is 36.5 Å². The van der Waals surface area contributed by atoms with Gasteiger partial charge >= 0.3 is 11.3 Å². The van der Waals surface area contributed by atoms with E-state index in [-0.39, 0.29) is 25.2 Å². The van der Waals surface area contributed by atoms with Crippen molar-refractivity contribution in [2.24, 2.45) is 0 Å². The molecule has 0 bridgehead atoms. The highest BCUT2D eigenvalue weighted by molar-refractivity contribution is 5.72. The predicted molar refractivity (Wildman–Crippen MR) is 165 cm³/mol. The Morgan fingerprint density at radius 2 is 1.26 bits per heavy atom. The van der Waals surface area contributed by atoms with E-state index >= 15 is 0 Å². The average Bonchev–Trinajstić information content (AvgIpc) is 3.87. The monoisotopic (exact) mass is 621 g/mol. The lowest BCUT2D eigenvalue weighted by atomic mass is 10.1. The normalized spacial score (nSPS) is 10.5. The molecule has 0 aliphatic heterocycles. The number of carbonyl (C=O) groups excluding carboxylic acids is 2. The lowest BCUT2D eigenvalue weighted by molar-refractivity contribution is -0.120. The van der Waals surface area contributed by atoms with Crippen molar-refractivity contribution in [3.05, 3.63) is 124 Å². The van der Waals surface area contributed by atoms with Crippen molar-refractivity contribution in [3.63, 3.8) is 0 Å². The third-order valence-electron chi connectivity index (χ3n) is 6.44. The van der Waals surface area contributed by atoms with Crippen LogP contribution in [0.2, 0.25) is 0 Å². The van der Waals surface area contributed by atoms with Gasteiger partial charge in [-0.2, -0.15) is 19.7 Å². The van der Waals surface area contributed by atoms with Crippen LogP contribution in [0.1, 0.15) is 13.8 Å². The van der Waals surface area contributed by atoms with Crippen molar-refractivity contribution in [1.29, 1.82) is 0 Å². The predicted octanol–water partition coefficient (Wildman–Crippen LogP) is 3.33. The molecular formula is C31H27N9O6. The first-order valence-corrected chi connectivity index (χ1v) is 13.7. The van der Waals surface area contributed by atoms with E-state index in [9.17, 15) is 19.2 Å². The summed E-state index contributed by atoms with van der Waals surface area (Å²) in [6.07, 6.45) is 9.76. The molecule has 0 saturated carbocycles. The Hall–Kier alpha value is -6.69. The summed E-state index contributed by atoms with van der Waals surface area (Å²) < 4.78 is 16.0. The minimum atomic E-state index is -0.484. The number of hydrogen-bond donors (Lipinski definition) is 2. The van der Waals surface area contributed by atoms with Crippen molar-refractivity contribution < 1.29 is 18.6 Å².